The highest BCUT2D eigenvalue weighted by molar-refractivity contribution is 7.22. The molecule has 0 atom stereocenters. The maximum Gasteiger partial charge on any atom is 0.337 e. The zero-order valence-corrected chi connectivity index (χ0v) is 14.8. The summed E-state index contributed by atoms with van der Waals surface area (Å²) in [5.41, 5.74) is 2.05. The van der Waals surface area contributed by atoms with E-state index in [4.69, 9.17) is 0 Å². The van der Waals surface area contributed by atoms with Crippen molar-refractivity contribution in [3.8, 4) is 0 Å². The lowest BCUT2D eigenvalue weighted by atomic mass is 10.1. The number of hydrogen-bond acceptors (Lipinski definition) is 6. The molecular weight excluding hydrogens is 354 g/mol. The van der Waals surface area contributed by atoms with Gasteiger partial charge in [-0.05, 0) is 42.5 Å². The highest BCUT2D eigenvalue weighted by atomic mass is 32.1. The molecule has 1 aromatic heterocycles. The molecule has 0 bridgehead atoms. The second kappa shape index (κ2) is 7.32. The van der Waals surface area contributed by atoms with Crippen molar-refractivity contribution in [2.45, 2.75) is 6.92 Å². The van der Waals surface area contributed by atoms with Gasteiger partial charge in [0.2, 0.25) is 5.91 Å². The second-order valence-electron chi connectivity index (χ2n) is 5.41. The quantitative estimate of drug-likeness (QED) is 0.688. The summed E-state index contributed by atoms with van der Waals surface area (Å²) in [6.45, 7) is 1.42. The number of methoxy groups -OCH3 is 1. The summed E-state index contributed by atoms with van der Waals surface area (Å²) >= 11 is 1.36. The van der Waals surface area contributed by atoms with Gasteiger partial charge >= 0.3 is 5.97 Å². The Morgan fingerprint density at radius 2 is 1.69 bits per heavy atom. The van der Waals surface area contributed by atoms with Gasteiger partial charge in [-0.1, -0.05) is 11.3 Å². The molecular formula is C18H15N3O4S. The predicted octanol–water partition coefficient (Wildman–Crippen LogP) is 3.29. The fraction of sp³-hybridized carbons (Fsp3) is 0.111. The van der Waals surface area contributed by atoms with Crippen molar-refractivity contribution in [3.05, 3.63) is 53.6 Å². The molecule has 8 heteroatoms. The average molecular weight is 369 g/mol. The topological polar surface area (TPSA) is 97.4 Å². The van der Waals surface area contributed by atoms with Crippen molar-refractivity contribution in [2.75, 3.05) is 17.7 Å². The third kappa shape index (κ3) is 3.86. The number of hydrogen-bond donors (Lipinski definition) is 2. The van der Waals surface area contributed by atoms with Crippen LogP contribution in [0.25, 0.3) is 10.2 Å². The van der Waals surface area contributed by atoms with Crippen LogP contribution in [0.5, 0.6) is 0 Å². The van der Waals surface area contributed by atoms with Crippen LogP contribution in [0, 0.1) is 0 Å². The number of aromatic nitrogens is 1. The minimum atomic E-state index is -0.457. The van der Waals surface area contributed by atoms with E-state index in [0.29, 0.717) is 27.5 Å². The van der Waals surface area contributed by atoms with Crippen LogP contribution in [0.4, 0.5) is 10.8 Å². The summed E-state index contributed by atoms with van der Waals surface area (Å²) in [5, 5.41) is 5.94. The van der Waals surface area contributed by atoms with E-state index < -0.39 is 5.97 Å². The molecule has 0 saturated carbocycles. The van der Waals surface area contributed by atoms with E-state index in [1.54, 1.807) is 24.3 Å². The summed E-state index contributed by atoms with van der Waals surface area (Å²) in [6, 6.07) is 11.5. The second-order valence-corrected chi connectivity index (χ2v) is 6.44. The summed E-state index contributed by atoms with van der Waals surface area (Å²) in [5.74, 6) is -0.952. The summed E-state index contributed by atoms with van der Waals surface area (Å²) in [4.78, 5) is 39.2. The zero-order chi connectivity index (χ0) is 18.7. The van der Waals surface area contributed by atoms with Crippen LogP contribution in [0.15, 0.2) is 42.5 Å². The molecule has 0 saturated heterocycles. The maximum absolute atomic E-state index is 12.3. The summed E-state index contributed by atoms with van der Waals surface area (Å²) < 4.78 is 5.52. The van der Waals surface area contributed by atoms with Crippen LogP contribution in [0.3, 0.4) is 0 Å². The number of esters is 1. The van der Waals surface area contributed by atoms with Gasteiger partial charge < -0.3 is 15.4 Å². The fourth-order valence-corrected chi connectivity index (χ4v) is 3.18. The number of benzene rings is 2. The Kier molecular flexibility index (Phi) is 4.94. The SMILES string of the molecule is COC(=O)c1ccc(C(=O)Nc2ccc3sc(NC(C)=O)nc3c2)cc1. The number of fused-ring (bicyclic) bond motifs is 1. The van der Waals surface area contributed by atoms with Gasteiger partial charge in [0.05, 0.1) is 22.9 Å². The molecule has 0 aliphatic carbocycles. The molecule has 2 aromatic carbocycles. The van der Waals surface area contributed by atoms with Crippen LogP contribution in [0.2, 0.25) is 0 Å². The molecule has 26 heavy (non-hydrogen) atoms. The summed E-state index contributed by atoms with van der Waals surface area (Å²) in [6.07, 6.45) is 0. The molecule has 0 aliphatic heterocycles. The van der Waals surface area contributed by atoms with Gasteiger partial charge in [-0.3, -0.25) is 9.59 Å². The Balaban J connectivity index is 1.76. The first-order chi connectivity index (χ1) is 12.5. The standard InChI is InChI=1S/C18H15N3O4S/c1-10(22)19-18-21-14-9-13(7-8-15(14)26-18)20-16(23)11-3-5-12(6-4-11)17(24)25-2/h3-9H,1-2H3,(H,20,23)(H,19,21,22). The average Bonchev–Trinajstić information content (AvgIpc) is 3.01. The van der Waals surface area contributed by atoms with Crippen molar-refractivity contribution in [2.24, 2.45) is 0 Å². The highest BCUT2D eigenvalue weighted by Gasteiger charge is 2.11. The van der Waals surface area contributed by atoms with E-state index in [2.05, 4.69) is 20.4 Å². The minimum Gasteiger partial charge on any atom is -0.465 e. The smallest absolute Gasteiger partial charge is 0.337 e. The molecule has 0 unspecified atom stereocenters. The number of nitrogens with zero attached hydrogens (tertiary/aromatic N) is 1. The third-order valence-corrected chi connectivity index (χ3v) is 4.45. The van der Waals surface area contributed by atoms with Crippen molar-refractivity contribution >= 4 is 50.2 Å². The number of rotatable bonds is 4. The van der Waals surface area contributed by atoms with Crippen molar-refractivity contribution in [1.29, 1.82) is 0 Å². The van der Waals surface area contributed by atoms with E-state index in [9.17, 15) is 14.4 Å². The first-order valence-electron chi connectivity index (χ1n) is 7.64. The Morgan fingerprint density at radius 3 is 2.35 bits per heavy atom. The van der Waals surface area contributed by atoms with Crippen molar-refractivity contribution < 1.29 is 19.1 Å². The van der Waals surface area contributed by atoms with E-state index in [0.717, 1.165) is 4.70 Å². The Hall–Kier alpha value is -3.26. The van der Waals surface area contributed by atoms with Gasteiger partial charge in [-0.15, -0.1) is 0 Å². The van der Waals surface area contributed by atoms with Crippen LogP contribution in [0.1, 0.15) is 27.6 Å². The lowest BCUT2D eigenvalue weighted by Gasteiger charge is -2.06. The summed E-state index contributed by atoms with van der Waals surface area (Å²) in [7, 11) is 1.30. The molecule has 2 amide bonds. The largest absolute Gasteiger partial charge is 0.465 e. The van der Waals surface area contributed by atoms with Gasteiger partial charge in [0.15, 0.2) is 5.13 Å². The van der Waals surface area contributed by atoms with Crippen molar-refractivity contribution in [1.82, 2.24) is 4.98 Å². The van der Waals surface area contributed by atoms with Gasteiger partial charge in [0.1, 0.15) is 0 Å². The number of nitrogens with one attached hydrogen (secondary N) is 2. The molecule has 0 spiro atoms. The van der Waals surface area contributed by atoms with E-state index in [1.807, 2.05) is 6.07 Å². The molecule has 0 radical (unpaired) electrons. The number of carbonyl (C=O) groups excluding carboxylic acids is 3. The fourth-order valence-electron chi connectivity index (χ4n) is 2.29. The minimum absolute atomic E-state index is 0.187. The molecule has 7 nitrogen and oxygen atoms in total. The molecule has 132 valence electrons. The molecule has 0 aliphatic rings. The zero-order valence-electron chi connectivity index (χ0n) is 14.0. The first-order valence-corrected chi connectivity index (χ1v) is 8.46. The van der Waals surface area contributed by atoms with E-state index >= 15 is 0 Å². The Bertz CT molecular complexity index is 995. The monoisotopic (exact) mass is 369 g/mol. The van der Waals surface area contributed by atoms with Gasteiger partial charge in [-0.25, -0.2) is 9.78 Å². The first kappa shape index (κ1) is 17.6. The number of anilines is 2. The van der Waals surface area contributed by atoms with Crippen LogP contribution in [-0.2, 0) is 9.53 Å². The lowest BCUT2D eigenvalue weighted by molar-refractivity contribution is -0.114. The van der Waals surface area contributed by atoms with Gasteiger partial charge in [-0.2, -0.15) is 0 Å². The van der Waals surface area contributed by atoms with Crippen molar-refractivity contribution in [3.63, 3.8) is 0 Å². The Labute approximate surface area is 153 Å². The predicted molar refractivity (Wildman–Crippen MR) is 99.7 cm³/mol. The highest BCUT2D eigenvalue weighted by Crippen LogP contribution is 2.28. The maximum atomic E-state index is 12.3. The number of carbonyl (C=O) groups is 3. The Morgan fingerprint density at radius 1 is 1.00 bits per heavy atom. The third-order valence-electron chi connectivity index (χ3n) is 3.50. The molecule has 2 N–H and O–H groups in total. The van der Waals surface area contributed by atoms with Gasteiger partial charge in [0.25, 0.3) is 5.91 Å². The number of ether oxygens (including phenoxy) is 1. The van der Waals surface area contributed by atoms with Gasteiger partial charge in [0, 0.05) is 18.2 Å². The number of amides is 2. The molecule has 0 fully saturated rings. The molecule has 3 rings (SSSR count). The van der Waals surface area contributed by atoms with E-state index in [-0.39, 0.29) is 11.8 Å². The molecule has 3 aromatic rings. The van der Waals surface area contributed by atoms with Crippen LogP contribution >= 0.6 is 11.3 Å². The number of thiazole rings is 1. The van der Waals surface area contributed by atoms with Crippen LogP contribution < -0.4 is 10.6 Å². The normalized spacial score (nSPS) is 10.4. The van der Waals surface area contributed by atoms with E-state index in [1.165, 1.54) is 37.5 Å². The lowest BCUT2D eigenvalue weighted by Crippen LogP contribution is -2.12. The molecule has 1 heterocycles. The van der Waals surface area contributed by atoms with Crippen LogP contribution in [-0.4, -0.2) is 29.9 Å².